The number of halogens is 2. The van der Waals surface area contributed by atoms with Crippen molar-refractivity contribution in [3.63, 3.8) is 0 Å². The first-order valence-corrected chi connectivity index (χ1v) is 8.49. The third kappa shape index (κ3) is 3.46. The highest BCUT2D eigenvalue weighted by Gasteiger charge is 2.16. The summed E-state index contributed by atoms with van der Waals surface area (Å²) in [5.74, 6) is 1.43. The number of aryl methyl sites for hydroxylation is 1. The lowest BCUT2D eigenvalue weighted by Crippen LogP contribution is -2.08. The van der Waals surface area contributed by atoms with Gasteiger partial charge in [0.15, 0.2) is 5.65 Å². The second kappa shape index (κ2) is 6.20. The summed E-state index contributed by atoms with van der Waals surface area (Å²) in [4.78, 5) is 8.79. The zero-order valence-electron chi connectivity index (χ0n) is 10.8. The average molecular weight is 320 g/mol. The van der Waals surface area contributed by atoms with Gasteiger partial charge in [0.2, 0.25) is 0 Å². The molecule has 0 fully saturated rings. The summed E-state index contributed by atoms with van der Waals surface area (Å²) in [6, 6.07) is 1.78. The van der Waals surface area contributed by atoms with E-state index in [1.165, 1.54) is 0 Å². The van der Waals surface area contributed by atoms with Crippen molar-refractivity contribution in [2.45, 2.75) is 25.3 Å². The Morgan fingerprint density at radius 1 is 1.53 bits per heavy atom. The van der Waals surface area contributed by atoms with Crippen LogP contribution >= 0.6 is 23.2 Å². The first-order valence-electron chi connectivity index (χ1n) is 5.95. The van der Waals surface area contributed by atoms with Gasteiger partial charge in [-0.25, -0.2) is 9.97 Å². The molecule has 0 aromatic carbocycles. The predicted molar refractivity (Wildman–Crippen MR) is 80.4 cm³/mol. The number of alkyl halides is 1. The molecule has 7 heteroatoms. The Morgan fingerprint density at radius 3 is 2.89 bits per heavy atom. The number of imidazole rings is 1. The number of aromatic nitrogens is 3. The SMILES string of the molecule is CC(Cl)c1nc2cc(Cl)cnc2n1CCCS(C)=O. The van der Waals surface area contributed by atoms with E-state index in [2.05, 4.69) is 9.97 Å². The number of pyridine rings is 1. The molecule has 2 heterocycles. The molecule has 4 nitrogen and oxygen atoms in total. The number of hydrogen-bond acceptors (Lipinski definition) is 3. The zero-order valence-corrected chi connectivity index (χ0v) is 13.1. The zero-order chi connectivity index (χ0) is 14.0. The number of hydrogen-bond donors (Lipinski definition) is 0. The topological polar surface area (TPSA) is 47.8 Å². The lowest BCUT2D eigenvalue weighted by molar-refractivity contribution is 0.642. The Kier molecular flexibility index (Phi) is 4.81. The minimum absolute atomic E-state index is 0.208. The van der Waals surface area contributed by atoms with Gasteiger partial charge in [0.25, 0.3) is 0 Å². The van der Waals surface area contributed by atoms with Crippen LogP contribution in [0.2, 0.25) is 5.02 Å². The van der Waals surface area contributed by atoms with Gasteiger partial charge in [0.1, 0.15) is 11.3 Å². The van der Waals surface area contributed by atoms with Crippen molar-refractivity contribution in [1.82, 2.24) is 14.5 Å². The third-order valence-corrected chi connectivity index (χ3v) is 4.02. The van der Waals surface area contributed by atoms with Gasteiger partial charge >= 0.3 is 0 Å². The largest absolute Gasteiger partial charge is 0.311 e. The van der Waals surface area contributed by atoms with Crippen molar-refractivity contribution >= 4 is 45.2 Å². The van der Waals surface area contributed by atoms with E-state index in [0.29, 0.717) is 17.3 Å². The Morgan fingerprint density at radius 2 is 2.26 bits per heavy atom. The van der Waals surface area contributed by atoms with Gasteiger partial charge in [-0.15, -0.1) is 11.6 Å². The molecular weight excluding hydrogens is 305 g/mol. The van der Waals surface area contributed by atoms with Crippen LogP contribution in [0.3, 0.4) is 0 Å². The van der Waals surface area contributed by atoms with Crippen LogP contribution in [0.25, 0.3) is 11.2 Å². The van der Waals surface area contributed by atoms with Crippen molar-refractivity contribution in [2.75, 3.05) is 12.0 Å². The predicted octanol–water partition coefficient (Wildman–Crippen LogP) is 3.15. The first kappa shape index (κ1) is 14.8. The molecular formula is C12H15Cl2N3OS. The van der Waals surface area contributed by atoms with Crippen LogP contribution in [0.5, 0.6) is 0 Å². The summed E-state index contributed by atoms with van der Waals surface area (Å²) in [5.41, 5.74) is 1.52. The minimum atomic E-state index is -0.790. The molecule has 0 radical (unpaired) electrons. The van der Waals surface area contributed by atoms with E-state index >= 15 is 0 Å². The van der Waals surface area contributed by atoms with Gasteiger partial charge in [-0.1, -0.05) is 11.6 Å². The summed E-state index contributed by atoms with van der Waals surface area (Å²) in [6.07, 6.45) is 4.10. The molecule has 2 aromatic rings. The number of rotatable bonds is 5. The molecule has 2 atom stereocenters. The van der Waals surface area contributed by atoms with E-state index in [-0.39, 0.29) is 5.38 Å². The molecule has 0 N–H and O–H groups in total. The molecule has 19 heavy (non-hydrogen) atoms. The summed E-state index contributed by atoms with van der Waals surface area (Å²) >= 11 is 12.1. The lowest BCUT2D eigenvalue weighted by Gasteiger charge is -2.09. The Bertz CT molecular complexity index is 612. The van der Waals surface area contributed by atoms with Crippen LogP contribution in [0.1, 0.15) is 24.5 Å². The molecule has 0 aliphatic heterocycles. The maximum Gasteiger partial charge on any atom is 0.160 e. The van der Waals surface area contributed by atoms with Crippen LogP contribution in [-0.2, 0) is 17.3 Å². The summed E-state index contributed by atoms with van der Waals surface area (Å²) in [6.45, 7) is 2.58. The maximum atomic E-state index is 11.1. The molecule has 0 saturated heterocycles. The third-order valence-electron chi connectivity index (χ3n) is 2.75. The van der Waals surface area contributed by atoms with Crippen LogP contribution in [0.15, 0.2) is 12.3 Å². The second-order valence-electron chi connectivity index (χ2n) is 4.36. The lowest BCUT2D eigenvalue weighted by atomic mass is 10.4. The minimum Gasteiger partial charge on any atom is -0.311 e. The van der Waals surface area contributed by atoms with E-state index < -0.39 is 10.8 Å². The van der Waals surface area contributed by atoms with Crippen LogP contribution in [0.4, 0.5) is 0 Å². The summed E-state index contributed by atoms with van der Waals surface area (Å²) in [5, 5.41) is 0.348. The molecule has 2 rings (SSSR count). The molecule has 0 saturated carbocycles. The highest BCUT2D eigenvalue weighted by molar-refractivity contribution is 7.84. The maximum absolute atomic E-state index is 11.1. The smallest absolute Gasteiger partial charge is 0.160 e. The summed E-state index contributed by atoms with van der Waals surface area (Å²) < 4.78 is 13.1. The second-order valence-corrected chi connectivity index (χ2v) is 7.01. The normalized spacial score (nSPS) is 14.7. The molecule has 2 aromatic heterocycles. The van der Waals surface area contributed by atoms with E-state index in [1.54, 1.807) is 18.5 Å². The Hall–Kier alpha value is -0.650. The van der Waals surface area contributed by atoms with E-state index in [0.717, 1.165) is 23.4 Å². The van der Waals surface area contributed by atoms with Crippen molar-refractivity contribution in [2.24, 2.45) is 0 Å². The highest BCUT2D eigenvalue weighted by Crippen LogP contribution is 2.25. The fourth-order valence-electron chi connectivity index (χ4n) is 1.95. The van der Waals surface area contributed by atoms with Crippen molar-refractivity contribution < 1.29 is 4.21 Å². The van der Waals surface area contributed by atoms with Crippen LogP contribution < -0.4 is 0 Å². The molecule has 104 valence electrons. The molecule has 0 amide bonds. The van der Waals surface area contributed by atoms with Gasteiger partial charge in [0.05, 0.1) is 10.4 Å². The van der Waals surface area contributed by atoms with Crippen LogP contribution in [-0.4, -0.2) is 30.8 Å². The van der Waals surface area contributed by atoms with Crippen molar-refractivity contribution in [3.8, 4) is 0 Å². The Labute approximate surface area is 124 Å². The molecule has 0 aliphatic rings. The fourth-order valence-corrected chi connectivity index (χ4v) is 2.81. The highest BCUT2D eigenvalue weighted by atomic mass is 35.5. The van der Waals surface area contributed by atoms with Crippen molar-refractivity contribution in [1.29, 1.82) is 0 Å². The molecule has 0 spiro atoms. The van der Waals surface area contributed by atoms with Gasteiger partial charge in [-0.05, 0) is 19.4 Å². The van der Waals surface area contributed by atoms with Gasteiger partial charge in [-0.2, -0.15) is 0 Å². The molecule has 2 unspecified atom stereocenters. The monoisotopic (exact) mass is 319 g/mol. The van der Waals surface area contributed by atoms with Gasteiger partial charge in [-0.3, -0.25) is 4.21 Å². The summed E-state index contributed by atoms with van der Waals surface area (Å²) in [7, 11) is -0.790. The number of fused-ring (bicyclic) bond motifs is 1. The van der Waals surface area contributed by atoms with E-state index in [4.69, 9.17) is 23.2 Å². The Balaban J connectivity index is 2.37. The average Bonchev–Trinajstić information content (AvgIpc) is 2.67. The van der Waals surface area contributed by atoms with Gasteiger partial charge in [0, 0.05) is 35.5 Å². The van der Waals surface area contributed by atoms with Crippen LogP contribution in [0, 0.1) is 0 Å². The quantitative estimate of drug-likeness (QED) is 0.795. The number of nitrogens with zero attached hydrogens (tertiary/aromatic N) is 3. The van der Waals surface area contributed by atoms with Gasteiger partial charge < -0.3 is 4.57 Å². The molecule has 0 bridgehead atoms. The van der Waals surface area contributed by atoms with E-state index in [1.807, 2.05) is 11.5 Å². The van der Waals surface area contributed by atoms with E-state index in [9.17, 15) is 4.21 Å². The fraction of sp³-hybridized carbons (Fsp3) is 0.500. The standard InChI is InChI=1S/C12H15Cl2N3OS/c1-8(13)11-16-10-6-9(14)7-15-12(10)17(11)4-3-5-19(2)18/h6-8H,3-5H2,1-2H3. The van der Waals surface area contributed by atoms with Crippen molar-refractivity contribution in [3.05, 3.63) is 23.1 Å². The first-order chi connectivity index (χ1) is 8.99. The molecule has 0 aliphatic carbocycles.